The van der Waals surface area contributed by atoms with Crippen LogP contribution in [0.2, 0.25) is 0 Å². The molecule has 1 atom stereocenters. The van der Waals surface area contributed by atoms with Crippen molar-refractivity contribution in [3.05, 3.63) is 69.8 Å². The van der Waals surface area contributed by atoms with E-state index in [9.17, 15) is 19.7 Å². The van der Waals surface area contributed by atoms with Gasteiger partial charge in [-0.05, 0) is 30.9 Å². The lowest BCUT2D eigenvalue weighted by Crippen LogP contribution is -2.31. The average molecular weight is 374 g/mol. The van der Waals surface area contributed by atoms with E-state index in [1.165, 1.54) is 23.9 Å². The quantitative estimate of drug-likeness (QED) is 0.345. The molecule has 2 aromatic carbocycles. The van der Waals surface area contributed by atoms with Gasteiger partial charge in [-0.3, -0.25) is 14.9 Å². The van der Waals surface area contributed by atoms with Crippen LogP contribution in [-0.4, -0.2) is 29.7 Å². The zero-order valence-corrected chi connectivity index (χ0v) is 15.1. The Balaban J connectivity index is 1.95. The highest BCUT2D eigenvalue weighted by molar-refractivity contribution is 7.98. The predicted octanol–water partition coefficient (Wildman–Crippen LogP) is 3.35. The number of nitro benzene ring substituents is 1. The second-order valence-electron chi connectivity index (χ2n) is 5.42. The summed E-state index contributed by atoms with van der Waals surface area (Å²) in [7, 11) is 0. The lowest BCUT2D eigenvalue weighted by molar-refractivity contribution is -0.387. The number of carbonyl (C=O) groups is 2. The van der Waals surface area contributed by atoms with Crippen molar-refractivity contribution in [3.63, 3.8) is 0 Å². The molecule has 7 nitrogen and oxygen atoms in total. The van der Waals surface area contributed by atoms with Gasteiger partial charge in [0.2, 0.25) is 0 Å². The van der Waals surface area contributed by atoms with Crippen LogP contribution < -0.4 is 5.32 Å². The van der Waals surface area contributed by atoms with Crippen molar-refractivity contribution in [2.75, 3.05) is 12.9 Å². The average Bonchev–Trinajstić information content (AvgIpc) is 2.66. The lowest BCUT2D eigenvalue weighted by Gasteiger charge is -2.14. The zero-order chi connectivity index (χ0) is 19.1. The third-order valence-corrected chi connectivity index (χ3v) is 4.41. The second kappa shape index (κ2) is 9.00. The van der Waals surface area contributed by atoms with E-state index in [0.717, 1.165) is 11.6 Å². The molecule has 2 rings (SSSR count). The number of hydrogen-bond donors (Lipinski definition) is 1. The maximum Gasteiger partial charge on any atom is 0.338 e. The van der Waals surface area contributed by atoms with E-state index in [1.54, 1.807) is 6.26 Å². The van der Waals surface area contributed by atoms with Gasteiger partial charge < -0.3 is 10.1 Å². The molecule has 0 spiro atoms. The molecule has 0 unspecified atom stereocenters. The van der Waals surface area contributed by atoms with Crippen molar-refractivity contribution in [3.8, 4) is 0 Å². The minimum Gasteiger partial charge on any atom is -0.452 e. The molecule has 0 aliphatic rings. The van der Waals surface area contributed by atoms with Crippen molar-refractivity contribution >= 4 is 29.3 Å². The molecular weight excluding hydrogens is 356 g/mol. The van der Waals surface area contributed by atoms with Gasteiger partial charge in [-0.25, -0.2) is 4.79 Å². The molecule has 0 fully saturated rings. The Morgan fingerprint density at radius 2 is 1.92 bits per heavy atom. The molecule has 0 bridgehead atoms. The first-order chi connectivity index (χ1) is 12.4. The summed E-state index contributed by atoms with van der Waals surface area (Å²) in [6, 6.07) is 13.2. The van der Waals surface area contributed by atoms with Crippen LogP contribution in [0, 0.1) is 10.1 Å². The van der Waals surface area contributed by atoms with E-state index in [-0.39, 0.29) is 17.3 Å². The molecule has 0 aromatic heterocycles. The van der Waals surface area contributed by atoms with E-state index in [1.807, 2.05) is 37.3 Å². The van der Waals surface area contributed by atoms with Crippen molar-refractivity contribution in [2.45, 2.75) is 17.9 Å². The maximum absolute atomic E-state index is 12.0. The Kier molecular flexibility index (Phi) is 6.74. The maximum atomic E-state index is 12.0. The first-order valence-corrected chi connectivity index (χ1v) is 8.98. The van der Waals surface area contributed by atoms with Gasteiger partial charge in [0, 0.05) is 6.07 Å². The molecule has 8 heteroatoms. The van der Waals surface area contributed by atoms with Crippen LogP contribution in [0.15, 0.2) is 53.4 Å². The van der Waals surface area contributed by atoms with E-state index in [4.69, 9.17) is 4.74 Å². The van der Waals surface area contributed by atoms with Crippen molar-refractivity contribution < 1.29 is 19.2 Å². The monoisotopic (exact) mass is 374 g/mol. The highest BCUT2D eigenvalue weighted by Gasteiger charge is 2.19. The highest BCUT2D eigenvalue weighted by Crippen LogP contribution is 2.28. The molecule has 0 heterocycles. The molecule has 1 N–H and O–H groups in total. The number of nitrogens with zero attached hydrogens (tertiary/aromatic N) is 1. The minimum absolute atomic E-state index is 0.0263. The number of carbonyl (C=O) groups excluding carboxylic acids is 2. The molecule has 0 saturated carbocycles. The zero-order valence-electron chi connectivity index (χ0n) is 14.3. The fourth-order valence-corrected chi connectivity index (χ4v) is 2.83. The molecule has 136 valence electrons. The van der Waals surface area contributed by atoms with Gasteiger partial charge in [-0.1, -0.05) is 30.3 Å². The number of benzene rings is 2. The smallest absolute Gasteiger partial charge is 0.338 e. The molecule has 1 amide bonds. The van der Waals surface area contributed by atoms with E-state index >= 15 is 0 Å². The Morgan fingerprint density at radius 3 is 2.54 bits per heavy atom. The number of esters is 1. The summed E-state index contributed by atoms with van der Waals surface area (Å²) in [5.41, 5.74) is 0.781. The second-order valence-corrected chi connectivity index (χ2v) is 6.27. The third kappa shape index (κ3) is 5.06. The Morgan fingerprint density at radius 1 is 1.23 bits per heavy atom. The third-order valence-electron chi connectivity index (χ3n) is 3.62. The van der Waals surface area contributed by atoms with Crippen LogP contribution in [-0.2, 0) is 9.53 Å². The van der Waals surface area contributed by atoms with Crippen LogP contribution in [0.25, 0.3) is 0 Å². The van der Waals surface area contributed by atoms with Gasteiger partial charge in [0.25, 0.3) is 11.6 Å². The Labute approximate surface area is 154 Å². The van der Waals surface area contributed by atoms with Gasteiger partial charge in [-0.2, -0.15) is 0 Å². The first-order valence-electron chi connectivity index (χ1n) is 7.76. The SMILES string of the molecule is CSc1ccc(C(=O)OCC(=O)N[C@H](C)c2ccccc2)cc1[N+](=O)[O-]. The van der Waals surface area contributed by atoms with Crippen LogP contribution in [0.3, 0.4) is 0 Å². The fraction of sp³-hybridized carbons (Fsp3) is 0.222. The summed E-state index contributed by atoms with van der Waals surface area (Å²) < 4.78 is 4.95. The van der Waals surface area contributed by atoms with Crippen molar-refractivity contribution in [1.29, 1.82) is 0 Å². The fourth-order valence-electron chi connectivity index (χ4n) is 2.28. The molecule has 26 heavy (non-hydrogen) atoms. The van der Waals surface area contributed by atoms with E-state index in [0.29, 0.717) is 4.90 Å². The summed E-state index contributed by atoms with van der Waals surface area (Å²) in [5, 5.41) is 13.8. The topological polar surface area (TPSA) is 98.5 Å². The first kappa shape index (κ1) is 19.5. The lowest BCUT2D eigenvalue weighted by atomic mass is 10.1. The van der Waals surface area contributed by atoms with Gasteiger partial charge in [0.05, 0.1) is 21.4 Å². The Hall–Kier alpha value is -2.87. The number of rotatable bonds is 7. The molecule has 0 saturated heterocycles. The number of nitro groups is 1. The summed E-state index contributed by atoms with van der Waals surface area (Å²) in [6.45, 7) is 1.35. The number of hydrogen-bond acceptors (Lipinski definition) is 6. The van der Waals surface area contributed by atoms with Gasteiger partial charge in [-0.15, -0.1) is 11.8 Å². The van der Waals surface area contributed by atoms with Crippen LogP contribution in [0.5, 0.6) is 0 Å². The number of nitrogens with one attached hydrogen (secondary N) is 1. The predicted molar refractivity (Wildman–Crippen MR) is 98.2 cm³/mol. The number of ether oxygens (including phenoxy) is 1. The number of amides is 1. The van der Waals surface area contributed by atoms with Crippen LogP contribution in [0.1, 0.15) is 28.9 Å². The van der Waals surface area contributed by atoms with E-state index in [2.05, 4.69) is 5.32 Å². The standard InChI is InChI=1S/C18H18N2O5S/c1-12(13-6-4-3-5-7-13)19-17(21)11-25-18(22)14-8-9-16(26-2)15(10-14)20(23)24/h3-10,12H,11H2,1-2H3,(H,19,21)/t12-/m1/s1. The minimum atomic E-state index is -0.789. The van der Waals surface area contributed by atoms with Gasteiger partial charge in [0.15, 0.2) is 6.61 Å². The molecule has 2 aromatic rings. The van der Waals surface area contributed by atoms with Gasteiger partial charge >= 0.3 is 5.97 Å². The summed E-state index contributed by atoms with van der Waals surface area (Å²) in [4.78, 5) is 34.9. The van der Waals surface area contributed by atoms with Crippen LogP contribution in [0.4, 0.5) is 5.69 Å². The van der Waals surface area contributed by atoms with Crippen LogP contribution >= 0.6 is 11.8 Å². The largest absolute Gasteiger partial charge is 0.452 e. The summed E-state index contributed by atoms with van der Waals surface area (Å²) >= 11 is 1.21. The Bertz CT molecular complexity index is 810. The molecule has 0 aliphatic carbocycles. The summed E-state index contributed by atoms with van der Waals surface area (Å²) in [5.74, 6) is -1.24. The number of thioether (sulfide) groups is 1. The highest BCUT2D eigenvalue weighted by atomic mass is 32.2. The molecule has 0 aliphatic heterocycles. The molecular formula is C18H18N2O5S. The van der Waals surface area contributed by atoms with Crippen molar-refractivity contribution in [1.82, 2.24) is 5.32 Å². The van der Waals surface area contributed by atoms with E-state index < -0.39 is 23.4 Å². The van der Waals surface area contributed by atoms with Gasteiger partial charge in [0.1, 0.15) is 0 Å². The summed E-state index contributed by atoms with van der Waals surface area (Å²) in [6.07, 6.45) is 1.71. The molecule has 0 radical (unpaired) electrons. The van der Waals surface area contributed by atoms with Crippen molar-refractivity contribution in [2.24, 2.45) is 0 Å². The normalized spacial score (nSPS) is 11.5.